The normalized spacial score (nSPS) is 10.8. The van der Waals surface area contributed by atoms with Gasteiger partial charge in [-0.05, 0) is 23.8 Å². The first-order valence-corrected chi connectivity index (χ1v) is 7.61. The van der Waals surface area contributed by atoms with Gasteiger partial charge in [0.05, 0.1) is 6.26 Å². The van der Waals surface area contributed by atoms with Crippen LogP contribution in [-0.4, -0.2) is 18.2 Å². The Bertz CT molecular complexity index is 535. The Balaban J connectivity index is 1.58. The average Bonchev–Trinajstić information content (AvgIpc) is 2.99. The van der Waals surface area contributed by atoms with Crippen molar-refractivity contribution in [3.05, 3.63) is 66.1 Å². The van der Waals surface area contributed by atoms with E-state index in [1.165, 1.54) is 11.6 Å². The number of carbonyl (C=O) groups excluding carboxylic acids is 1. The number of thioether (sulfide) groups is 1. The summed E-state index contributed by atoms with van der Waals surface area (Å²) in [5.41, 5.74) is 1.31. The highest BCUT2D eigenvalue weighted by Crippen LogP contribution is 2.10. The summed E-state index contributed by atoms with van der Waals surface area (Å²) < 4.78 is 5.11. The van der Waals surface area contributed by atoms with Gasteiger partial charge in [0.1, 0.15) is 5.76 Å². The van der Waals surface area contributed by atoms with Crippen LogP contribution in [0.1, 0.15) is 11.3 Å². The van der Waals surface area contributed by atoms with Crippen LogP contribution in [0.2, 0.25) is 0 Å². The highest BCUT2D eigenvalue weighted by atomic mass is 32.2. The van der Waals surface area contributed by atoms with Crippen LogP contribution in [-0.2, 0) is 10.5 Å². The number of furan rings is 1. The van der Waals surface area contributed by atoms with E-state index in [0.717, 1.165) is 11.5 Å². The van der Waals surface area contributed by atoms with Crippen molar-refractivity contribution in [1.29, 1.82) is 0 Å². The van der Waals surface area contributed by atoms with Crippen molar-refractivity contribution < 1.29 is 9.21 Å². The molecule has 0 spiro atoms. The first-order chi connectivity index (χ1) is 9.84. The molecule has 3 nitrogen and oxygen atoms in total. The smallest absolute Gasteiger partial charge is 0.244 e. The first-order valence-electron chi connectivity index (χ1n) is 6.46. The van der Waals surface area contributed by atoms with E-state index < -0.39 is 0 Å². The van der Waals surface area contributed by atoms with Gasteiger partial charge in [0.2, 0.25) is 5.91 Å². The SMILES string of the molecule is O=C(/C=C/c1ccco1)NCCSCc1ccccc1. The van der Waals surface area contributed by atoms with Gasteiger partial charge >= 0.3 is 0 Å². The maximum absolute atomic E-state index is 11.5. The molecule has 0 fully saturated rings. The standard InChI is InChI=1S/C16H17NO2S/c18-16(9-8-15-7-4-11-19-15)17-10-12-20-13-14-5-2-1-3-6-14/h1-9,11H,10,12-13H2,(H,17,18)/b9-8+. The van der Waals surface area contributed by atoms with Gasteiger partial charge in [-0.2, -0.15) is 11.8 Å². The molecule has 1 aromatic heterocycles. The van der Waals surface area contributed by atoms with E-state index in [-0.39, 0.29) is 5.91 Å². The molecule has 0 aliphatic carbocycles. The number of amides is 1. The van der Waals surface area contributed by atoms with Crippen molar-refractivity contribution in [2.75, 3.05) is 12.3 Å². The summed E-state index contributed by atoms with van der Waals surface area (Å²) in [6, 6.07) is 13.9. The van der Waals surface area contributed by atoms with Gasteiger partial charge in [-0.15, -0.1) is 0 Å². The fourth-order valence-corrected chi connectivity index (χ4v) is 2.43. The summed E-state index contributed by atoms with van der Waals surface area (Å²) in [6.45, 7) is 0.666. The molecule has 0 aliphatic rings. The van der Waals surface area contributed by atoms with Crippen LogP contribution in [0, 0.1) is 0 Å². The van der Waals surface area contributed by atoms with Crippen LogP contribution in [0.5, 0.6) is 0 Å². The molecule has 0 saturated heterocycles. The Morgan fingerprint density at radius 3 is 2.80 bits per heavy atom. The Labute approximate surface area is 123 Å². The lowest BCUT2D eigenvalue weighted by Crippen LogP contribution is -2.23. The quantitative estimate of drug-likeness (QED) is 0.627. The molecule has 2 aromatic rings. The molecule has 0 radical (unpaired) electrons. The summed E-state index contributed by atoms with van der Waals surface area (Å²) in [6.07, 6.45) is 4.73. The third-order valence-electron chi connectivity index (χ3n) is 2.60. The zero-order valence-electron chi connectivity index (χ0n) is 11.1. The van der Waals surface area contributed by atoms with Crippen LogP contribution >= 0.6 is 11.8 Å². The second-order valence-electron chi connectivity index (χ2n) is 4.18. The predicted molar refractivity (Wildman–Crippen MR) is 83.4 cm³/mol. The monoisotopic (exact) mass is 287 g/mol. The van der Waals surface area contributed by atoms with Crippen LogP contribution in [0.25, 0.3) is 6.08 Å². The van der Waals surface area contributed by atoms with Gasteiger partial charge in [-0.3, -0.25) is 4.79 Å². The van der Waals surface area contributed by atoms with Crippen molar-refractivity contribution in [2.45, 2.75) is 5.75 Å². The molecular weight excluding hydrogens is 270 g/mol. The topological polar surface area (TPSA) is 42.2 Å². The third-order valence-corrected chi connectivity index (χ3v) is 3.63. The number of nitrogens with one attached hydrogen (secondary N) is 1. The molecule has 20 heavy (non-hydrogen) atoms. The number of hydrogen-bond acceptors (Lipinski definition) is 3. The Kier molecular flexibility index (Phi) is 5.99. The predicted octanol–water partition coefficient (Wildman–Crippen LogP) is 3.34. The minimum atomic E-state index is -0.0956. The zero-order chi connectivity index (χ0) is 14.0. The lowest BCUT2D eigenvalue weighted by atomic mass is 10.2. The first kappa shape index (κ1) is 14.5. The zero-order valence-corrected chi connectivity index (χ0v) is 11.9. The molecule has 4 heteroatoms. The van der Waals surface area contributed by atoms with Gasteiger partial charge in [0.15, 0.2) is 0 Å². The van der Waals surface area contributed by atoms with Gasteiger partial charge < -0.3 is 9.73 Å². The molecule has 1 aromatic carbocycles. The third kappa shape index (κ3) is 5.36. The molecule has 0 aliphatic heterocycles. The van der Waals surface area contributed by atoms with Gasteiger partial charge in [-0.25, -0.2) is 0 Å². The number of benzene rings is 1. The molecule has 0 unspecified atom stereocenters. The summed E-state index contributed by atoms with van der Waals surface area (Å²) >= 11 is 1.81. The van der Waals surface area contributed by atoms with Crippen LogP contribution < -0.4 is 5.32 Å². The highest BCUT2D eigenvalue weighted by molar-refractivity contribution is 7.98. The Morgan fingerprint density at radius 1 is 1.20 bits per heavy atom. The molecule has 1 heterocycles. The molecule has 0 atom stereocenters. The molecule has 104 valence electrons. The minimum Gasteiger partial charge on any atom is -0.465 e. The van der Waals surface area contributed by atoms with E-state index >= 15 is 0 Å². The summed E-state index contributed by atoms with van der Waals surface area (Å²) in [4.78, 5) is 11.5. The molecule has 0 saturated carbocycles. The van der Waals surface area contributed by atoms with Crippen molar-refractivity contribution in [3.8, 4) is 0 Å². The fourth-order valence-electron chi connectivity index (χ4n) is 1.61. The van der Waals surface area contributed by atoms with E-state index in [0.29, 0.717) is 12.3 Å². The average molecular weight is 287 g/mol. The maximum atomic E-state index is 11.5. The lowest BCUT2D eigenvalue weighted by molar-refractivity contribution is -0.116. The summed E-state index contributed by atoms with van der Waals surface area (Å²) in [7, 11) is 0. The maximum Gasteiger partial charge on any atom is 0.244 e. The fraction of sp³-hybridized carbons (Fsp3) is 0.188. The second kappa shape index (κ2) is 8.27. The van der Waals surface area contributed by atoms with Gasteiger partial charge in [0.25, 0.3) is 0 Å². The lowest BCUT2D eigenvalue weighted by Gasteiger charge is -2.03. The number of rotatable bonds is 7. The van der Waals surface area contributed by atoms with E-state index in [1.807, 2.05) is 18.2 Å². The van der Waals surface area contributed by atoms with Crippen molar-refractivity contribution in [1.82, 2.24) is 5.32 Å². The second-order valence-corrected chi connectivity index (χ2v) is 5.28. The molecule has 0 bridgehead atoms. The largest absolute Gasteiger partial charge is 0.465 e. The number of carbonyl (C=O) groups is 1. The van der Waals surface area contributed by atoms with Crippen molar-refractivity contribution >= 4 is 23.7 Å². The van der Waals surface area contributed by atoms with E-state index in [9.17, 15) is 4.79 Å². The highest BCUT2D eigenvalue weighted by Gasteiger charge is 1.96. The number of hydrogen-bond donors (Lipinski definition) is 1. The van der Waals surface area contributed by atoms with Crippen molar-refractivity contribution in [3.63, 3.8) is 0 Å². The van der Waals surface area contributed by atoms with E-state index in [4.69, 9.17) is 4.42 Å². The molecule has 1 amide bonds. The Hall–Kier alpha value is -1.94. The van der Waals surface area contributed by atoms with Crippen molar-refractivity contribution in [2.24, 2.45) is 0 Å². The summed E-state index contributed by atoms with van der Waals surface area (Å²) in [5.74, 6) is 2.45. The summed E-state index contributed by atoms with van der Waals surface area (Å²) in [5, 5.41) is 2.84. The minimum absolute atomic E-state index is 0.0956. The molecular formula is C16H17NO2S. The Morgan fingerprint density at radius 2 is 2.05 bits per heavy atom. The van der Waals surface area contributed by atoms with Gasteiger partial charge in [-0.1, -0.05) is 30.3 Å². The van der Waals surface area contributed by atoms with E-state index in [1.54, 1.807) is 36.2 Å². The molecule has 2 rings (SSSR count). The van der Waals surface area contributed by atoms with E-state index in [2.05, 4.69) is 17.4 Å². The van der Waals surface area contributed by atoms with Crippen LogP contribution in [0.3, 0.4) is 0 Å². The van der Waals surface area contributed by atoms with Crippen LogP contribution in [0.4, 0.5) is 0 Å². The van der Waals surface area contributed by atoms with Gasteiger partial charge in [0, 0.05) is 24.1 Å². The van der Waals surface area contributed by atoms with Crippen LogP contribution in [0.15, 0.2) is 59.2 Å². The molecule has 1 N–H and O–H groups in total.